The number of aliphatic carboxylic acids is 1. The lowest BCUT2D eigenvalue weighted by Crippen LogP contribution is -2.22. The van der Waals surface area contributed by atoms with E-state index in [2.05, 4.69) is 61.8 Å². The molecule has 3 aromatic carbocycles. The van der Waals surface area contributed by atoms with Crippen LogP contribution in [0.4, 0.5) is 5.69 Å². The largest absolute Gasteiger partial charge is 0.481 e. The number of nitrogens with zero attached hydrogens (tertiary/aromatic N) is 1. The molecule has 44 heavy (non-hydrogen) atoms. The number of hydrogen-bond acceptors (Lipinski definition) is 4. The zero-order chi connectivity index (χ0) is 31.1. The summed E-state index contributed by atoms with van der Waals surface area (Å²) in [6.45, 7) is 8.78. The van der Waals surface area contributed by atoms with Crippen molar-refractivity contribution in [3.63, 3.8) is 0 Å². The highest BCUT2D eigenvalue weighted by Crippen LogP contribution is 2.43. The van der Waals surface area contributed by atoms with Gasteiger partial charge in [-0.05, 0) is 53.5 Å². The van der Waals surface area contributed by atoms with Gasteiger partial charge in [0.2, 0.25) is 0 Å². The van der Waals surface area contributed by atoms with Crippen LogP contribution in [0, 0.1) is 0 Å². The van der Waals surface area contributed by atoms with Gasteiger partial charge in [0, 0.05) is 23.5 Å². The third-order valence-corrected chi connectivity index (χ3v) is 7.66. The predicted molar refractivity (Wildman–Crippen MR) is 178 cm³/mol. The number of aliphatic hydroxyl groups is 2. The minimum atomic E-state index is -1.14. The van der Waals surface area contributed by atoms with Gasteiger partial charge in [0.1, 0.15) is 0 Å². The van der Waals surface area contributed by atoms with Crippen LogP contribution in [0.1, 0.15) is 87.8 Å². The summed E-state index contributed by atoms with van der Waals surface area (Å²) in [7, 11) is 0. The van der Waals surface area contributed by atoms with Crippen LogP contribution in [-0.4, -0.2) is 44.0 Å². The lowest BCUT2D eigenvalue weighted by atomic mass is 9.93. The number of nitrogens with one attached hydrogen (secondary N) is 1. The van der Waals surface area contributed by atoms with Gasteiger partial charge in [-0.25, -0.2) is 0 Å². The molecule has 4 N–H and O–H groups in total. The van der Waals surface area contributed by atoms with Crippen molar-refractivity contribution in [1.29, 1.82) is 0 Å². The fourth-order valence-electron chi connectivity index (χ4n) is 5.62. The minimum absolute atomic E-state index is 0. The molecule has 0 fully saturated rings. The summed E-state index contributed by atoms with van der Waals surface area (Å²) in [6, 6.07) is 27.7. The molecule has 0 spiro atoms. The number of rotatable bonds is 13. The number of amides is 1. The molecular weight excluding hydrogens is 552 g/mol. The Balaban J connectivity index is 0.00000529. The van der Waals surface area contributed by atoms with Crippen LogP contribution in [0.5, 0.6) is 0 Å². The van der Waals surface area contributed by atoms with E-state index < -0.39 is 24.6 Å². The van der Waals surface area contributed by atoms with Crippen LogP contribution < -0.4 is 5.32 Å². The van der Waals surface area contributed by atoms with Crippen molar-refractivity contribution in [2.45, 2.75) is 85.0 Å². The summed E-state index contributed by atoms with van der Waals surface area (Å²) < 4.78 is 2.13. The molecule has 1 aromatic heterocycles. The average Bonchev–Trinajstić information content (AvgIpc) is 3.32. The lowest BCUT2D eigenvalue weighted by molar-refractivity contribution is -0.139. The standard InChI is InChI=1S/C36H42N2O5.CH4/c1-23(2)25-15-17-27(18-16-25)35-32(26-11-7-5-8-12-26)33(36(43)37-28-13-9-6-10-14-28)34(24(3)4)38(35)20-19-29(39)21-30(40)22-31(41)42;/h5-18,23-24,29-30,39-40H,19-22H2,1-4H3,(H,37,43)(H,41,42);1H4/t29-,30-;/m1./s1. The number of aliphatic hydroxyl groups excluding tert-OH is 2. The van der Waals surface area contributed by atoms with Crippen LogP contribution in [0.25, 0.3) is 22.4 Å². The Hall–Kier alpha value is -4.20. The Bertz CT molecular complexity index is 1510. The molecule has 7 heteroatoms. The number of anilines is 1. The minimum Gasteiger partial charge on any atom is -0.481 e. The van der Waals surface area contributed by atoms with E-state index >= 15 is 0 Å². The van der Waals surface area contributed by atoms with Crippen LogP contribution in [0.15, 0.2) is 84.9 Å². The second-order valence-corrected chi connectivity index (χ2v) is 11.7. The van der Waals surface area contributed by atoms with Gasteiger partial charge >= 0.3 is 5.97 Å². The Kier molecular flexibility index (Phi) is 12.1. The first-order valence-corrected chi connectivity index (χ1v) is 14.9. The highest BCUT2D eigenvalue weighted by Gasteiger charge is 2.31. The van der Waals surface area contributed by atoms with Crippen LogP contribution in [0.3, 0.4) is 0 Å². The molecule has 234 valence electrons. The fraction of sp³-hybridized carbons (Fsp3) is 0.351. The maximum atomic E-state index is 14.2. The molecule has 0 saturated heterocycles. The second-order valence-electron chi connectivity index (χ2n) is 11.7. The van der Waals surface area contributed by atoms with Gasteiger partial charge in [0.05, 0.1) is 29.9 Å². The summed E-state index contributed by atoms with van der Waals surface area (Å²) in [4.78, 5) is 25.2. The molecule has 4 aromatic rings. The maximum absolute atomic E-state index is 14.2. The summed E-state index contributed by atoms with van der Waals surface area (Å²) in [5.41, 5.74) is 6.86. The van der Waals surface area contributed by atoms with Crippen molar-refractivity contribution >= 4 is 17.6 Å². The van der Waals surface area contributed by atoms with Gasteiger partial charge in [-0.15, -0.1) is 0 Å². The van der Waals surface area contributed by atoms with E-state index in [0.29, 0.717) is 23.7 Å². The average molecular weight is 599 g/mol. The SMILES string of the molecule is C.CC(C)c1ccc(-c2c(-c3ccccc3)c(C(=O)Nc3ccccc3)c(C(C)C)n2CC[C@@H](O)C[C@@H](O)CC(=O)O)cc1. The van der Waals surface area contributed by atoms with Crippen molar-refractivity contribution in [2.24, 2.45) is 0 Å². The molecule has 0 radical (unpaired) electrons. The van der Waals surface area contributed by atoms with Gasteiger partial charge in [-0.1, -0.05) is 108 Å². The highest BCUT2D eigenvalue weighted by atomic mass is 16.4. The number of aromatic nitrogens is 1. The first-order valence-electron chi connectivity index (χ1n) is 14.9. The molecule has 0 bridgehead atoms. The van der Waals surface area contributed by atoms with Gasteiger partial charge in [0.25, 0.3) is 5.91 Å². The van der Waals surface area contributed by atoms with Crippen molar-refractivity contribution in [1.82, 2.24) is 4.57 Å². The normalized spacial score (nSPS) is 12.5. The highest BCUT2D eigenvalue weighted by molar-refractivity contribution is 6.12. The van der Waals surface area contributed by atoms with Gasteiger partial charge < -0.3 is 25.2 Å². The molecule has 0 saturated carbocycles. The molecule has 7 nitrogen and oxygen atoms in total. The van der Waals surface area contributed by atoms with Crippen molar-refractivity contribution in [3.8, 4) is 22.4 Å². The number of carboxylic acid groups (broad SMARTS) is 1. The van der Waals surface area contributed by atoms with E-state index in [4.69, 9.17) is 5.11 Å². The van der Waals surface area contributed by atoms with E-state index in [-0.39, 0.29) is 32.1 Å². The monoisotopic (exact) mass is 598 g/mol. The molecule has 4 rings (SSSR count). The molecule has 2 atom stereocenters. The molecule has 1 heterocycles. The fourth-order valence-corrected chi connectivity index (χ4v) is 5.62. The molecule has 0 aliphatic carbocycles. The number of carboxylic acids is 1. The van der Waals surface area contributed by atoms with Crippen molar-refractivity contribution in [2.75, 3.05) is 5.32 Å². The summed E-state index contributed by atoms with van der Waals surface area (Å²) in [6.07, 6.45) is -2.26. The third-order valence-electron chi connectivity index (χ3n) is 7.66. The number of carbonyl (C=O) groups is 2. The Morgan fingerprint density at radius 1 is 0.773 bits per heavy atom. The second kappa shape index (κ2) is 15.5. The number of carbonyl (C=O) groups excluding carboxylic acids is 1. The molecule has 1 amide bonds. The van der Waals surface area contributed by atoms with Gasteiger partial charge in [0.15, 0.2) is 0 Å². The molecule has 0 aliphatic rings. The first kappa shape index (κ1) is 34.3. The van der Waals surface area contributed by atoms with Crippen molar-refractivity contribution in [3.05, 3.63) is 102 Å². The summed E-state index contributed by atoms with van der Waals surface area (Å²) >= 11 is 0. The summed E-state index contributed by atoms with van der Waals surface area (Å²) in [5.74, 6) is -1.01. The molecule has 0 aliphatic heterocycles. The molecular formula is C37H46N2O5. The number of hydrogen-bond donors (Lipinski definition) is 4. The Labute approximate surface area is 261 Å². The van der Waals surface area contributed by atoms with Crippen molar-refractivity contribution < 1.29 is 24.9 Å². The maximum Gasteiger partial charge on any atom is 0.305 e. The van der Waals surface area contributed by atoms with E-state index in [1.165, 1.54) is 5.56 Å². The van der Waals surface area contributed by atoms with E-state index in [0.717, 1.165) is 28.1 Å². The van der Waals surface area contributed by atoms with Crippen LogP contribution in [-0.2, 0) is 11.3 Å². The summed E-state index contributed by atoms with van der Waals surface area (Å²) in [5, 5.41) is 33.1. The zero-order valence-corrected chi connectivity index (χ0v) is 25.3. The number of para-hydroxylation sites is 1. The van der Waals surface area contributed by atoms with Gasteiger partial charge in [-0.2, -0.15) is 0 Å². The quantitative estimate of drug-likeness (QED) is 0.125. The smallest absolute Gasteiger partial charge is 0.305 e. The van der Waals surface area contributed by atoms with E-state index in [9.17, 15) is 19.8 Å². The van der Waals surface area contributed by atoms with Crippen LogP contribution >= 0.6 is 0 Å². The zero-order valence-electron chi connectivity index (χ0n) is 25.3. The van der Waals surface area contributed by atoms with Gasteiger partial charge in [-0.3, -0.25) is 9.59 Å². The van der Waals surface area contributed by atoms with E-state index in [1.807, 2.05) is 60.7 Å². The van der Waals surface area contributed by atoms with E-state index in [1.54, 1.807) is 0 Å². The Morgan fingerprint density at radius 2 is 1.36 bits per heavy atom. The topological polar surface area (TPSA) is 112 Å². The van der Waals surface area contributed by atoms with Crippen LogP contribution in [0.2, 0.25) is 0 Å². The third kappa shape index (κ3) is 8.24. The predicted octanol–water partition coefficient (Wildman–Crippen LogP) is 7.93. The Morgan fingerprint density at radius 3 is 1.91 bits per heavy atom. The number of benzene rings is 3. The lowest BCUT2D eigenvalue weighted by Gasteiger charge is -2.20. The first-order chi connectivity index (χ1) is 20.6. The molecule has 0 unspecified atom stereocenters.